The lowest BCUT2D eigenvalue weighted by molar-refractivity contribution is -0.129. The van der Waals surface area contributed by atoms with E-state index in [4.69, 9.17) is 0 Å². The molecule has 0 bridgehead atoms. The highest BCUT2D eigenvalue weighted by atomic mass is 35.5. The summed E-state index contributed by atoms with van der Waals surface area (Å²) < 4.78 is 0. The Labute approximate surface area is 137 Å². The van der Waals surface area contributed by atoms with Crippen molar-refractivity contribution in [2.24, 2.45) is 0 Å². The first kappa shape index (κ1) is 19.6. The molecule has 1 heterocycles. The van der Waals surface area contributed by atoms with E-state index in [0.717, 1.165) is 23.0 Å². The fourth-order valence-electron chi connectivity index (χ4n) is 2.01. The fraction of sp³-hybridized carbons (Fsp3) is 0.333. The summed E-state index contributed by atoms with van der Waals surface area (Å²) in [6.07, 6.45) is 2.16. The summed E-state index contributed by atoms with van der Waals surface area (Å²) in [7, 11) is 3.71. The molecule has 6 heteroatoms. The standard InChI is InChI=1S/C15H19N3O.2ClH/c1-16-9-10-18(2)14(19)11-13-6-3-5-12-7-4-8-17-15(12)13;;/h3-8,16H,9-11H2,1-2H3;2*1H. The molecule has 4 nitrogen and oxygen atoms in total. The molecule has 0 aliphatic carbocycles. The molecule has 0 atom stereocenters. The molecule has 2 aromatic rings. The molecule has 0 fully saturated rings. The number of hydrogen-bond acceptors (Lipinski definition) is 3. The average Bonchev–Trinajstić information content (AvgIpc) is 2.45. The minimum Gasteiger partial charge on any atom is -0.344 e. The first-order valence-corrected chi connectivity index (χ1v) is 6.43. The number of rotatable bonds is 5. The Morgan fingerprint density at radius 3 is 2.67 bits per heavy atom. The van der Waals surface area contributed by atoms with Crippen molar-refractivity contribution in [3.8, 4) is 0 Å². The Balaban J connectivity index is 0.00000200. The first-order valence-electron chi connectivity index (χ1n) is 6.43. The summed E-state index contributed by atoms with van der Waals surface area (Å²) in [6, 6.07) is 9.88. The van der Waals surface area contributed by atoms with Crippen molar-refractivity contribution in [3.63, 3.8) is 0 Å². The van der Waals surface area contributed by atoms with Crippen molar-refractivity contribution in [2.45, 2.75) is 6.42 Å². The van der Waals surface area contributed by atoms with Crippen molar-refractivity contribution in [1.29, 1.82) is 0 Å². The van der Waals surface area contributed by atoms with E-state index in [1.165, 1.54) is 0 Å². The van der Waals surface area contributed by atoms with Crippen LogP contribution >= 0.6 is 24.8 Å². The van der Waals surface area contributed by atoms with Crippen molar-refractivity contribution in [3.05, 3.63) is 42.1 Å². The minimum absolute atomic E-state index is 0. The van der Waals surface area contributed by atoms with Gasteiger partial charge in [0.2, 0.25) is 5.91 Å². The SMILES string of the molecule is CNCCN(C)C(=O)Cc1cccc2cccnc12.Cl.Cl. The molecule has 0 spiro atoms. The summed E-state index contributed by atoms with van der Waals surface area (Å²) in [5.74, 6) is 0.119. The van der Waals surface area contributed by atoms with Gasteiger partial charge >= 0.3 is 0 Å². The van der Waals surface area contributed by atoms with Gasteiger partial charge in [0.05, 0.1) is 11.9 Å². The minimum atomic E-state index is 0. The van der Waals surface area contributed by atoms with E-state index in [9.17, 15) is 4.79 Å². The Morgan fingerprint density at radius 1 is 1.24 bits per heavy atom. The summed E-state index contributed by atoms with van der Waals surface area (Å²) in [5.41, 5.74) is 1.90. The second kappa shape index (κ2) is 9.55. The predicted molar refractivity (Wildman–Crippen MR) is 91.5 cm³/mol. The molecular formula is C15H21Cl2N3O. The third kappa shape index (κ3) is 5.16. The highest BCUT2D eigenvalue weighted by Crippen LogP contribution is 2.16. The molecule has 0 unspecified atom stereocenters. The second-order valence-electron chi connectivity index (χ2n) is 4.59. The Morgan fingerprint density at radius 2 is 1.95 bits per heavy atom. The zero-order valence-electron chi connectivity index (χ0n) is 12.2. The average molecular weight is 330 g/mol. The van der Waals surface area contributed by atoms with Crippen LogP contribution in [0.4, 0.5) is 0 Å². The van der Waals surface area contributed by atoms with E-state index in [2.05, 4.69) is 10.3 Å². The van der Waals surface area contributed by atoms with Crippen LogP contribution in [0.3, 0.4) is 0 Å². The second-order valence-corrected chi connectivity index (χ2v) is 4.59. The molecule has 2 rings (SSSR count). The van der Waals surface area contributed by atoms with E-state index in [1.807, 2.05) is 44.4 Å². The van der Waals surface area contributed by atoms with Gasteiger partial charge in [-0.3, -0.25) is 9.78 Å². The zero-order valence-corrected chi connectivity index (χ0v) is 13.8. The lowest BCUT2D eigenvalue weighted by atomic mass is 10.1. The van der Waals surface area contributed by atoms with Gasteiger partial charge in [0, 0.05) is 31.7 Å². The first-order chi connectivity index (χ1) is 9.22. The number of nitrogens with one attached hydrogen (secondary N) is 1. The summed E-state index contributed by atoms with van der Waals surface area (Å²) in [5, 5.41) is 4.12. The Bertz CT molecular complexity index is 572. The van der Waals surface area contributed by atoms with Crippen molar-refractivity contribution in [1.82, 2.24) is 15.2 Å². The number of fused-ring (bicyclic) bond motifs is 1. The molecule has 21 heavy (non-hydrogen) atoms. The van der Waals surface area contributed by atoms with Gasteiger partial charge in [0.1, 0.15) is 0 Å². The van der Waals surface area contributed by atoms with Crippen LogP contribution in [0.1, 0.15) is 5.56 Å². The molecule has 0 saturated heterocycles. The highest BCUT2D eigenvalue weighted by Gasteiger charge is 2.11. The summed E-state index contributed by atoms with van der Waals surface area (Å²) in [6.45, 7) is 1.52. The van der Waals surface area contributed by atoms with Crippen LogP contribution in [0.15, 0.2) is 36.5 Å². The molecule has 0 saturated carbocycles. The lowest BCUT2D eigenvalue weighted by Crippen LogP contribution is -2.33. The number of benzene rings is 1. The molecule has 1 aromatic carbocycles. The molecule has 1 N–H and O–H groups in total. The van der Waals surface area contributed by atoms with Gasteiger partial charge < -0.3 is 10.2 Å². The quantitative estimate of drug-likeness (QED) is 0.915. The van der Waals surface area contributed by atoms with Crippen molar-refractivity contribution in [2.75, 3.05) is 27.2 Å². The van der Waals surface area contributed by atoms with E-state index >= 15 is 0 Å². The summed E-state index contributed by atoms with van der Waals surface area (Å²) in [4.78, 5) is 18.3. The topological polar surface area (TPSA) is 45.2 Å². The number of aromatic nitrogens is 1. The number of hydrogen-bond donors (Lipinski definition) is 1. The third-order valence-corrected chi connectivity index (χ3v) is 3.18. The smallest absolute Gasteiger partial charge is 0.226 e. The fourth-order valence-corrected chi connectivity index (χ4v) is 2.01. The molecular weight excluding hydrogens is 309 g/mol. The third-order valence-electron chi connectivity index (χ3n) is 3.18. The zero-order chi connectivity index (χ0) is 13.7. The maximum Gasteiger partial charge on any atom is 0.226 e. The van der Waals surface area contributed by atoms with Gasteiger partial charge in [-0.1, -0.05) is 24.3 Å². The van der Waals surface area contributed by atoms with Crippen LogP contribution in [0.25, 0.3) is 10.9 Å². The Hall–Kier alpha value is -1.36. The number of amides is 1. The van der Waals surface area contributed by atoms with E-state index < -0.39 is 0 Å². The van der Waals surface area contributed by atoms with Crippen LogP contribution in [0.2, 0.25) is 0 Å². The number of pyridine rings is 1. The number of para-hydroxylation sites is 1. The maximum atomic E-state index is 12.1. The van der Waals surface area contributed by atoms with Crippen molar-refractivity contribution >= 4 is 41.6 Å². The van der Waals surface area contributed by atoms with Gasteiger partial charge in [-0.15, -0.1) is 24.8 Å². The number of carbonyl (C=O) groups is 1. The van der Waals surface area contributed by atoms with Crippen LogP contribution in [-0.2, 0) is 11.2 Å². The molecule has 0 aliphatic heterocycles. The Kier molecular flexibility index (Phi) is 8.93. The predicted octanol–water partition coefficient (Wildman–Crippen LogP) is 2.30. The van der Waals surface area contributed by atoms with Gasteiger partial charge in [0.15, 0.2) is 0 Å². The molecule has 1 aromatic heterocycles. The van der Waals surface area contributed by atoms with E-state index in [1.54, 1.807) is 11.1 Å². The number of likely N-dealkylation sites (N-methyl/N-ethyl adjacent to an activating group) is 2. The van der Waals surface area contributed by atoms with Gasteiger partial charge in [0.25, 0.3) is 0 Å². The molecule has 0 radical (unpaired) electrons. The summed E-state index contributed by atoms with van der Waals surface area (Å²) >= 11 is 0. The van der Waals surface area contributed by atoms with Gasteiger partial charge in [-0.25, -0.2) is 0 Å². The van der Waals surface area contributed by atoms with Gasteiger partial charge in [-0.2, -0.15) is 0 Å². The molecule has 116 valence electrons. The number of halogens is 2. The monoisotopic (exact) mass is 329 g/mol. The van der Waals surface area contributed by atoms with Crippen molar-refractivity contribution < 1.29 is 4.79 Å². The number of carbonyl (C=O) groups excluding carboxylic acids is 1. The van der Waals surface area contributed by atoms with Gasteiger partial charge in [-0.05, 0) is 18.7 Å². The largest absolute Gasteiger partial charge is 0.344 e. The van der Waals surface area contributed by atoms with Crippen LogP contribution in [-0.4, -0.2) is 43.0 Å². The van der Waals surface area contributed by atoms with Crippen LogP contribution in [0.5, 0.6) is 0 Å². The molecule has 0 aliphatic rings. The van der Waals surface area contributed by atoms with Crippen LogP contribution < -0.4 is 5.32 Å². The molecule has 1 amide bonds. The normalized spacial score (nSPS) is 9.62. The van der Waals surface area contributed by atoms with Crippen LogP contribution in [0, 0.1) is 0 Å². The highest BCUT2D eigenvalue weighted by molar-refractivity contribution is 5.87. The van der Waals surface area contributed by atoms with E-state index in [0.29, 0.717) is 13.0 Å². The van der Waals surface area contributed by atoms with E-state index in [-0.39, 0.29) is 30.7 Å². The maximum absolute atomic E-state index is 12.1. The number of nitrogens with zero attached hydrogens (tertiary/aromatic N) is 2. The lowest BCUT2D eigenvalue weighted by Gasteiger charge is -2.17.